The number of sulfonamides is 1. The van der Waals surface area contributed by atoms with Crippen LogP contribution in [0.3, 0.4) is 0 Å². The van der Waals surface area contributed by atoms with Crippen LogP contribution >= 0.6 is 27.3 Å². The second kappa shape index (κ2) is 9.76. The normalized spacial score (nSPS) is 20.5. The van der Waals surface area contributed by atoms with Gasteiger partial charge in [-0.2, -0.15) is 8.78 Å². The second-order valence-electron chi connectivity index (χ2n) is 7.37. The highest BCUT2D eigenvalue weighted by atomic mass is 79.9. The molecule has 1 saturated heterocycles. The third kappa shape index (κ3) is 4.76. The zero-order valence-electron chi connectivity index (χ0n) is 17.5. The van der Waals surface area contributed by atoms with Crippen LogP contribution in [0.15, 0.2) is 50.5 Å². The summed E-state index contributed by atoms with van der Waals surface area (Å²) < 4.78 is 71.0. The van der Waals surface area contributed by atoms with Crippen LogP contribution < -0.4 is 4.72 Å². The minimum atomic E-state index is -4.87. The van der Waals surface area contributed by atoms with Gasteiger partial charge in [-0.1, -0.05) is 22.0 Å². The summed E-state index contributed by atoms with van der Waals surface area (Å²) in [6, 6.07) is 2.08. The van der Waals surface area contributed by atoms with E-state index >= 15 is 0 Å². The van der Waals surface area contributed by atoms with Gasteiger partial charge in [0.2, 0.25) is 0 Å². The molecule has 14 heteroatoms. The lowest BCUT2D eigenvalue weighted by molar-refractivity contribution is -0.139. The van der Waals surface area contributed by atoms with E-state index < -0.39 is 39.7 Å². The van der Waals surface area contributed by atoms with Gasteiger partial charge in [-0.05, 0) is 24.6 Å². The van der Waals surface area contributed by atoms with Gasteiger partial charge in [0.05, 0.1) is 12.2 Å². The lowest BCUT2D eigenvalue weighted by Gasteiger charge is -2.31. The molecule has 1 fully saturated rings. The van der Waals surface area contributed by atoms with Crippen LogP contribution in [0.5, 0.6) is 0 Å². The molecule has 0 saturated carbocycles. The van der Waals surface area contributed by atoms with Crippen molar-refractivity contribution < 1.29 is 31.1 Å². The van der Waals surface area contributed by atoms with Crippen molar-refractivity contribution in [1.29, 1.82) is 0 Å². The summed E-state index contributed by atoms with van der Waals surface area (Å²) in [6.07, 6.45) is 1.50. The van der Waals surface area contributed by atoms with Crippen LogP contribution in [0.4, 0.5) is 13.2 Å². The molecule has 1 aromatic heterocycles. The lowest BCUT2D eigenvalue weighted by Crippen LogP contribution is -2.41. The van der Waals surface area contributed by atoms with Crippen molar-refractivity contribution in [3.63, 3.8) is 0 Å². The Labute approximate surface area is 205 Å². The fourth-order valence-corrected chi connectivity index (χ4v) is 5.81. The molecule has 1 N–H and O–H groups in total. The van der Waals surface area contributed by atoms with Crippen LogP contribution in [-0.4, -0.2) is 55.1 Å². The van der Waals surface area contributed by atoms with Crippen molar-refractivity contribution in [1.82, 2.24) is 14.6 Å². The lowest BCUT2D eigenvalue weighted by atomic mass is 9.94. The van der Waals surface area contributed by atoms with E-state index in [-0.39, 0.29) is 25.1 Å². The van der Waals surface area contributed by atoms with E-state index in [1.165, 1.54) is 29.5 Å². The predicted octanol–water partition coefficient (Wildman–Crippen LogP) is 3.58. The molecule has 3 heterocycles. The summed E-state index contributed by atoms with van der Waals surface area (Å²) in [7, 11) is -4.87. The monoisotopic (exact) mass is 578 g/mol. The maximum atomic E-state index is 13.8. The molecule has 4 rings (SSSR count). The molecule has 8 nitrogen and oxygen atoms in total. The minimum absolute atomic E-state index is 0.0418. The van der Waals surface area contributed by atoms with Crippen molar-refractivity contribution in [3.05, 3.63) is 61.9 Å². The molecule has 0 spiro atoms. The number of ether oxygens (including phenoxy) is 1. The van der Waals surface area contributed by atoms with Crippen molar-refractivity contribution >= 4 is 49.1 Å². The van der Waals surface area contributed by atoms with Gasteiger partial charge in [-0.3, -0.25) is 4.99 Å². The van der Waals surface area contributed by atoms with E-state index in [9.17, 15) is 26.4 Å². The molecule has 1 aromatic carbocycles. The summed E-state index contributed by atoms with van der Waals surface area (Å²) in [5.41, 5.74) is 0.970. The van der Waals surface area contributed by atoms with E-state index in [0.29, 0.717) is 26.6 Å². The molecule has 182 valence electrons. The van der Waals surface area contributed by atoms with E-state index in [0.717, 1.165) is 0 Å². The van der Waals surface area contributed by atoms with Gasteiger partial charge in [0.15, 0.2) is 10.8 Å². The van der Waals surface area contributed by atoms with Crippen LogP contribution in [0.25, 0.3) is 0 Å². The number of halogens is 4. The van der Waals surface area contributed by atoms with E-state index in [1.54, 1.807) is 23.4 Å². The molecule has 2 atom stereocenters. The maximum Gasteiger partial charge on any atom is 0.350 e. The Morgan fingerprint density at radius 3 is 2.79 bits per heavy atom. The number of amidine groups is 1. The quantitative estimate of drug-likeness (QED) is 0.504. The smallest absolute Gasteiger partial charge is 0.350 e. The average molecular weight is 579 g/mol. The fourth-order valence-electron chi connectivity index (χ4n) is 3.88. The van der Waals surface area contributed by atoms with Gasteiger partial charge in [0, 0.05) is 40.8 Å². The Bertz CT molecular complexity index is 1270. The highest BCUT2D eigenvalue weighted by molar-refractivity contribution is 9.10. The molecular weight excluding hydrogens is 561 g/mol. The number of alkyl halides is 2. The molecule has 2 aliphatic rings. The van der Waals surface area contributed by atoms with Crippen molar-refractivity contribution in [3.8, 4) is 0 Å². The summed E-state index contributed by atoms with van der Waals surface area (Å²) >= 11 is 4.59. The highest BCUT2D eigenvalue weighted by Crippen LogP contribution is 2.42. The first-order chi connectivity index (χ1) is 16.1. The van der Waals surface area contributed by atoms with E-state index in [2.05, 4.69) is 20.9 Å². The number of carbonyl (C=O) groups excluding carboxylic acids is 1. The minimum Gasteiger partial charge on any atom is -0.463 e. The third-order valence-corrected chi connectivity index (χ3v) is 7.79. The van der Waals surface area contributed by atoms with E-state index in [1.807, 2.05) is 4.72 Å². The number of benzene rings is 1. The number of aliphatic imine (C=N–C) groups is 1. The number of fused-ring (bicyclic) bond motifs is 1. The van der Waals surface area contributed by atoms with Crippen LogP contribution in [-0.2, 0) is 19.6 Å². The number of esters is 1. The first-order valence-electron chi connectivity index (χ1n) is 10.0. The van der Waals surface area contributed by atoms with Gasteiger partial charge < -0.3 is 9.64 Å². The fraction of sp³-hybridized carbons (Fsp3) is 0.350. The Hall–Kier alpha value is -2.29. The molecule has 0 amide bonds. The Morgan fingerprint density at radius 1 is 1.41 bits per heavy atom. The largest absolute Gasteiger partial charge is 0.463 e. The first kappa shape index (κ1) is 24.8. The molecule has 0 unspecified atom stereocenters. The molecular formula is C20H18BrF3N4O4S2. The van der Waals surface area contributed by atoms with E-state index in [4.69, 9.17) is 9.73 Å². The highest BCUT2D eigenvalue weighted by Gasteiger charge is 2.44. The summed E-state index contributed by atoms with van der Waals surface area (Å²) in [5.74, 6) is -4.44. The average Bonchev–Trinajstić information content (AvgIpc) is 3.42. The Kier molecular flexibility index (Phi) is 7.12. The first-order valence-corrected chi connectivity index (χ1v) is 13.2. The molecule has 0 radical (unpaired) electrons. The molecule has 2 aliphatic heterocycles. The number of hydrogen-bond donors (Lipinski definition) is 1. The molecule has 0 aliphatic carbocycles. The third-order valence-electron chi connectivity index (χ3n) is 5.20. The van der Waals surface area contributed by atoms with Gasteiger partial charge >= 0.3 is 11.7 Å². The molecule has 34 heavy (non-hydrogen) atoms. The number of carbonyl (C=O) groups is 1. The van der Waals surface area contributed by atoms with Crippen molar-refractivity contribution in [2.75, 3.05) is 13.2 Å². The molecule has 2 aromatic rings. The molecule has 0 bridgehead atoms. The van der Waals surface area contributed by atoms with Crippen molar-refractivity contribution in [2.45, 2.75) is 31.2 Å². The standard InChI is InChI=1S/C20H18BrF3N4O4S2/c1-2-32-19(29)15-14-8-11(27-34(30,31)20(23)24)9-28(14)17(18-25-5-6-33-18)26-16(15)12-4-3-10(22)7-13(12)21/h3-7,11,16,20,27H,2,8-9H2,1H3/t11-,16+/m1/s1. The topological polar surface area (TPSA) is 101 Å². The number of nitrogens with zero attached hydrogens (tertiary/aromatic N) is 3. The summed E-state index contributed by atoms with van der Waals surface area (Å²) in [5, 5.41) is 2.21. The zero-order valence-corrected chi connectivity index (χ0v) is 20.8. The summed E-state index contributed by atoms with van der Waals surface area (Å²) in [4.78, 5) is 23.7. The SMILES string of the molecule is CCOC(=O)C1=C2C[C@@H](NS(=O)(=O)C(F)F)CN2C(c2nccs2)=N[C@H]1c1ccc(F)cc1Br. The number of hydrogen-bond acceptors (Lipinski definition) is 8. The predicted molar refractivity (Wildman–Crippen MR) is 122 cm³/mol. The zero-order chi connectivity index (χ0) is 24.6. The number of aromatic nitrogens is 1. The Morgan fingerprint density at radius 2 is 2.18 bits per heavy atom. The number of thiazole rings is 1. The van der Waals surface area contributed by atoms with Gasteiger partial charge in [-0.25, -0.2) is 27.3 Å². The summed E-state index contributed by atoms with van der Waals surface area (Å²) in [6.45, 7) is 1.66. The van der Waals surface area contributed by atoms with Crippen molar-refractivity contribution in [2.24, 2.45) is 4.99 Å². The van der Waals surface area contributed by atoms with Gasteiger partial charge in [-0.15, -0.1) is 11.3 Å². The van der Waals surface area contributed by atoms with Crippen LogP contribution in [0.1, 0.15) is 30.0 Å². The number of rotatable bonds is 7. The number of nitrogens with one attached hydrogen (secondary N) is 1. The maximum absolute atomic E-state index is 13.8. The van der Waals surface area contributed by atoms with Crippen LogP contribution in [0, 0.1) is 5.82 Å². The van der Waals surface area contributed by atoms with Crippen LogP contribution in [0.2, 0.25) is 0 Å². The van der Waals surface area contributed by atoms with Gasteiger partial charge in [0.25, 0.3) is 10.0 Å². The Balaban J connectivity index is 1.87. The second-order valence-corrected chi connectivity index (χ2v) is 10.8. The van der Waals surface area contributed by atoms with Gasteiger partial charge in [0.1, 0.15) is 11.9 Å².